The number of carbonyl (C=O) groups excluding carboxylic acids is 2. The maximum atomic E-state index is 12.2. The molecule has 0 unspecified atom stereocenters. The molecule has 0 aliphatic carbocycles. The Balaban J connectivity index is 2.10. The highest BCUT2D eigenvalue weighted by Gasteiger charge is 2.19. The third-order valence-corrected chi connectivity index (χ3v) is 3.20. The number of primary amides is 1. The second-order valence-corrected chi connectivity index (χ2v) is 4.83. The van der Waals surface area contributed by atoms with Crippen LogP contribution in [0.3, 0.4) is 0 Å². The molecule has 5 N–H and O–H groups in total. The van der Waals surface area contributed by atoms with Crippen LogP contribution >= 0.6 is 0 Å². The van der Waals surface area contributed by atoms with E-state index in [0.717, 1.165) is 5.56 Å². The highest BCUT2D eigenvalue weighted by molar-refractivity contribution is 5.97. The van der Waals surface area contributed by atoms with Crippen LogP contribution in [0.5, 0.6) is 0 Å². The van der Waals surface area contributed by atoms with E-state index in [-0.39, 0.29) is 11.6 Å². The van der Waals surface area contributed by atoms with Gasteiger partial charge in [0.25, 0.3) is 5.91 Å². The van der Waals surface area contributed by atoms with Crippen LogP contribution in [0, 0.1) is 6.92 Å². The molecule has 7 heteroatoms. The summed E-state index contributed by atoms with van der Waals surface area (Å²) in [5.41, 5.74) is 13.5. The van der Waals surface area contributed by atoms with Crippen LogP contribution in [-0.2, 0) is 6.54 Å². The number of anilines is 1. The maximum Gasteiger partial charge on any atom is 0.276 e. The second kappa shape index (κ2) is 5.66. The highest BCUT2D eigenvalue weighted by Crippen LogP contribution is 2.15. The van der Waals surface area contributed by atoms with Gasteiger partial charge in [0.2, 0.25) is 5.91 Å². The van der Waals surface area contributed by atoms with Crippen molar-refractivity contribution in [1.82, 2.24) is 15.1 Å². The van der Waals surface area contributed by atoms with Crippen molar-refractivity contribution in [3.8, 4) is 0 Å². The zero-order valence-electron chi connectivity index (χ0n) is 11.9. The summed E-state index contributed by atoms with van der Waals surface area (Å²) in [6.07, 6.45) is 0. The van der Waals surface area contributed by atoms with E-state index >= 15 is 0 Å². The SMILES string of the molecule is Cc1[nH]nc(C(=O)N(C)Cc2ccc(C(N)=O)cc2)c1N. The van der Waals surface area contributed by atoms with E-state index in [4.69, 9.17) is 11.5 Å². The number of amides is 2. The predicted octanol–water partition coefficient (Wildman–Crippen LogP) is 0.671. The van der Waals surface area contributed by atoms with Gasteiger partial charge in [-0.05, 0) is 24.6 Å². The van der Waals surface area contributed by atoms with Gasteiger partial charge in [-0.25, -0.2) is 0 Å². The Bertz CT molecular complexity index is 675. The van der Waals surface area contributed by atoms with E-state index < -0.39 is 5.91 Å². The van der Waals surface area contributed by atoms with Crippen LogP contribution in [0.1, 0.15) is 32.1 Å². The van der Waals surface area contributed by atoms with Gasteiger partial charge in [-0.1, -0.05) is 12.1 Å². The molecular weight excluding hydrogens is 270 g/mol. The van der Waals surface area contributed by atoms with Crippen molar-refractivity contribution >= 4 is 17.5 Å². The molecule has 2 aromatic rings. The van der Waals surface area contributed by atoms with E-state index in [9.17, 15) is 9.59 Å². The molecule has 0 saturated heterocycles. The van der Waals surface area contributed by atoms with Crippen molar-refractivity contribution < 1.29 is 9.59 Å². The summed E-state index contributed by atoms with van der Waals surface area (Å²) < 4.78 is 0. The van der Waals surface area contributed by atoms with Gasteiger partial charge >= 0.3 is 0 Å². The molecular formula is C14H17N5O2. The summed E-state index contributed by atoms with van der Waals surface area (Å²) in [5.74, 6) is -0.749. The molecule has 0 radical (unpaired) electrons. The first-order valence-electron chi connectivity index (χ1n) is 6.34. The third-order valence-electron chi connectivity index (χ3n) is 3.20. The van der Waals surface area contributed by atoms with Crippen LogP contribution in [0.4, 0.5) is 5.69 Å². The number of aromatic amines is 1. The van der Waals surface area contributed by atoms with Crippen LogP contribution in [-0.4, -0.2) is 34.0 Å². The molecule has 0 spiro atoms. The number of nitrogen functional groups attached to an aromatic ring is 1. The lowest BCUT2D eigenvalue weighted by Gasteiger charge is -2.16. The Kier molecular flexibility index (Phi) is 3.93. The van der Waals surface area contributed by atoms with E-state index in [1.807, 2.05) is 0 Å². The molecule has 110 valence electrons. The van der Waals surface area contributed by atoms with Gasteiger partial charge in [0.15, 0.2) is 5.69 Å². The molecule has 0 aliphatic rings. The molecule has 0 aliphatic heterocycles. The Hall–Kier alpha value is -2.83. The molecule has 21 heavy (non-hydrogen) atoms. The molecule has 2 amide bonds. The van der Waals surface area contributed by atoms with Crippen LogP contribution in [0.2, 0.25) is 0 Å². The van der Waals surface area contributed by atoms with E-state index in [1.165, 1.54) is 4.90 Å². The quantitative estimate of drug-likeness (QED) is 0.765. The largest absolute Gasteiger partial charge is 0.395 e. The van der Waals surface area contributed by atoms with Gasteiger partial charge in [-0.2, -0.15) is 5.10 Å². The summed E-state index contributed by atoms with van der Waals surface area (Å²) in [6.45, 7) is 2.13. The zero-order valence-corrected chi connectivity index (χ0v) is 11.9. The first-order valence-corrected chi connectivity index (χ1v) is 6.34. The van der Waals surface area contributed by atoms with Crippen molar-refractivity contribution in [2.75, 3.05) is 12.8 Å². The minimum Gasteiger partial charge on any atom is -0.395 e. The molecule has 1 aromatic carbocycles. The first-order chi connectivity index (χ1) is 9.90. The number of H-pyrrole nitrogens is 1. The standard InChI is InChI=1S/C14H17N5O2/c1-8-11(15)12(18-17-8)14(21)19(2)7-9-3-5-10(6-4-9)13(16)20/h3-6H,7,15H2,1-2H3,(H2,16,20)(H,17,18). The number of nitrogens with one attached hydrogen (secondary N) is 1. The Morgan fingerprint density at radius 3 is 2.38 bits per heavy atom. The van der Waals surface area contributed by atoms with Gasteiger partial charge in [-0.3, -0.25) is 14.7 Å². The van der Waals surface area contributed by atoms with Crippen molar-refractivity contribution in [2.24, 2.45) is 5.73 Å². The zero-order chi connectivity index (χ0) is 15.6. The minimum atomic E-state index is -0.481. The summed E-state index contributed by atoms with van der Waals surface area (Å²) >= 11 is 0. The maximum absolute atomic E-state index is 12.2. The number of benzene rings is 1. The topological polar surface area (TPSA) is 118 Å². The summed E-state index contributed by atoms with van der Waals surface area (Å²) in [6, 6.07) is 6.76. The lowest BCUT2D eigenvalue weighted by Crippen LogP contribution is -2.27. The number of hydrogen-bond acceptors (Lipinski definition) is 4. The number of nitrogens with zero attached hydrogens (tertiary/aromatic N) is 2. The molecule has 0 fully saturated rings. The van der Waals surface area contributed by atoms with Gasteiger partial charge in [0, 0.05) is 19.2 Å². The fourth-order valence-electron chi connectivity index (χ4n) is 1.90. The van der Waals surface area contributed by atoms with E-state index in [2.05, 4.69) is 10.2 Å². The Labute approximate surface area is 121 Å². The fourth-order valence-corrected chi connectivity index (χ4v) is 1.90. The van der Waals surface area contributed by atoms with Crippen LogP contribution in [0.25, 0.3) is 0 Å². The molecule has 7 nitrogen and oxygen atoms in total. The molecule has 0 saturated carbocycles. The highest BCUT2D eigenvalue weighted by atomic mass is 16.2. The lowest BCUT2D eigenvalue weighted by atomic mass is 10.1. The van der Waals surface area contributed by atoms with Crippen LogP contribution < -0.4 is 11.5 Å². The molecule has 2 rings (SSSR count). The molecule has 0 bridgehead atoms. The minimum absolute atomic E-state index is 0.212. The van der Waals surface area contributed by atoms with Crippen molar-refractivity contribution in [2.45, 2.75) is 13.5 Å². The number of aryl methyl sites for hydroxylation is 1. The van der Waals surface area contributed by atoms with Crippen LogP contribution in [0.15, 0.2) is 24.3 Å². The van der Waals surface area contributed by atoms with Crippen molar-refractivity contribution in [3.05, 3.63) is 46.8 Å². The molecule has 0 atom stereocenters. The van der Waals surface area contributed by atoms with Gasteiger partial charge < -0.3 is 16.4 Å². The predicted molar refractivity (Wildman–Crippen MR) is 78.5 cm³/mol. The second-order valence-electron chi connectivity index (χ2n) is 4.83. The Morgan fingerprint density at radius 1 is 1.29 bits per heavy atom. The number of aromatic nitrogens is 2. The van der Waals surface area contributed by atoms with E-state index in [1.54, 1.807) is 38.2 Å². The average Bonchev–Trinajstić information content (AvgIpc) is 2.78. The summed E-state index contributed by atoms with van der Waals surface area (Å²) in [4.78, 5) is 24.8. The van der Waals surface area contributed by atoms with Crippen molar-refractivity contribution in [1.29, 1.82) is 0 Å². The number of rotatable bonds is 4. The summed E-state index contributed by atoms with van der Waals surface area (Å²) in [7, 11) is 1.66. The monoisotopic (exact) mass is 287 g/mol. The van der Waals surface area contributed by atoms with Gasteiger partial charge in [0.1, 0.15) is 0 Å². The summed E-state index contributed by atoms with van der Waals surface area (Å²) in [5, 5.41) is 6.60. The smallest absolute Gasteiger partial charge is 0.276 e. The lowest BCUT2D eigenvalue weighted by molar-refractivity contribution is 0.0780. The third kappa shape index (κ3) is 3.02. The van der Waals surface area contributed by atoms with Crippen molar-refractivity contribution in [3.63, 3.8) is 0 Å². The molecule has 1 aromatic heterocycles. The number of hydrogen-bond donors (Lipinski definition) is 3. The Morgan fingerprint density at radius 2 is 1.90 bits per heavy atom. The average molecular weight is 287 g/mol. The van der Waals surface area contributed by atoms with Gasteiger partial charge in [-0.15, -0.1) is 0 Å². The number of nitrogens with two attached hydrogens (primary N) is 2. The normalized spacial score (nSPS) is 10.4. The van der Waals surface area contributed by atoms with Gasteiger partial charge in [0.05, 0.1) is 11.4 Å². The fraction of sp³-hybridized carbons (Fsp3) is 0.214. The van der Waals surface area contributed by atoms with E-state index in [0.29, 0.717) is 23.5 Å². The number of carbonyl (C=O) groups is 2. The first kappa shape index (κ1) is 14.6. The molecule has 1 heterocycles.